The molecule has 0 aliphatic rings. The Morgan fingerprint density at radius 1 is 1.15 bits per heavy atom. The molecule has 2 aromatic carbocycles. The summed E-state index contributed by atoms with van der Waals surface area (Å²) >= 11 is 2.47. The minimum Gasteiger partial charge on any atom is -0.301 e. The van der Waals surface area contributed by atoms with E-state index in [-0.39, 0.29) is 11.7 Å². The van der Waals surface area contributed by atoms with Crippen LogP contribution in [0.15, 0.2) is 65.3 Å². The van der Waals surface area contributed by atoms with Crippen molar-refractivity contribution in [1.29, 1.82) is 0 Å². The molecule has 0 fully saturated rings. The zero-order chi connectivity index (χ0) is 23.6. The van der Waals surface area contributed by atoms with E-state index in [1.165, 1.54) is 17.4 Å². The predicted molar refractivity (Wildman–Crippen MR) is 125 cm³/mol. The second-order valence-corrected chi connectivity index (χ2v) is 9.11. The molecule has 0 spiro atoms. The van der Waals surface area contributed by atoms with Crippen molar-refractivity contribution in [3.05, 3.63) is 76.9 Å². The van der Waals surface area contributed by atoms with Crippen LogP contribution in [0.5, 0.6) is 0 Å². The van der Waals surface area contributed by atoms with Gasteiger partial charge in [-0.15, -0.1) is 11.3 Å². The van der Waals surface area contributed by atoms with Gasteiger partial charge in [-0.1, -0.05) is 47.7 Å². The molecule has 170 valence electrons. The maximum Gasteiger partial charge on any atom is 0.416 e. The summed E-state index contributed by atoms with van der Waals surface area (Å²) in [6.07, 6.45) is -2.87. The van der Waals surface area contributed by atoms with Gasteiger partial charge in [0.25, 0.3) is 0 Å². The van der Waals surface area contributed by atoms with Crippen LogP contribution in [0.1, 0.15) is 16.8 Å². The maximum atomic E-state index is 13.4. The van der Waals surface area contributed by atoms with E-state index in [1.807, 2.05) is 43.5 Å². The smallest absolute Gasteiger partial charge is 0.301 e. The van der Waals surface area contributed by atoms with Crippen molar-refractivity contribution in [3.8, 4) is 16.9 Å². The zero-order valence-electron chi connectivity index (χ0n) is 17.7. The van der Waals surface area contributed by atoms with Crippen LogP contribution in [0.2, 0.25) is 0 Å². The number of amides is 1. The van der Waals surface area contributed by atoms with E-state index >= 15 is 0 Å². The van der Waals surface area contributed by atoms with Crippen molar-refractivity contribution < 1.29 is 18.0 Å². The normalized spacial score (nSPS) is 11.5. The van der Waals surface area contributed by atoms with Gasteiger partial charge in [-0.3, -0.25) is 9.36 Å². The summed E-state index contributed by atoms with van der Waals surface area (Å²) in [5.74, 6) is -0.244. The van der Waals surface area contributed by atoms with Crippen molar-refractivity contribution >= 4 is 34.1 Å². The number of carbonyl (C=O) groups is 1. The van der Waals surface area contributed by atoms with Gasteiger partial charge in [0.15, 0.2) is 10.3 Å². The van der Waals surface area contributed by atoms with Gasteiger partial charge in [0.05, 0.1) is 28.9 Å². The first-order valence-electron chi connectivity index (χ1n) is 9.88. The van der Waals surface area contributed by atoms with Gasteiger partial charge in [-0.25, -0.2) is 9.97 Å². The first-order valence-corrected chi connectivity index (χ1v) is 11.7. The van der Waals surface area contributed by atoms with E-state index in [4.69, 9.17) is 0 Å². The molecule has 1 N–H and O–H groups in total. The zero-order valence-corrected chi connectivity index (χ0v) is 19.3. The summed E-state index contributed by atoms with van der Waals surface area (Å²) in [6, 6.07) is 12.7. The molecule has 10 heteroatoms. The number of hydrogen-bond donors (Lipinski definition) is 1. The molecule has 0 aliphatic carbocycles. The monoisotopic (exact) mass is 488 g/mol. The van der Waals surface area contributed by atoms with Gasteiger partial charge in [0.1, 0.15) is 0 Å². The van der Waals surface area contributed by atoms with Gasteiger partial charge >= 0.3 is 6.18 Å². The summed E-state index contributed by atoms with van der Waals surface area (Å²) in [7, 11) is 0. The lowest BCUT2D eigenvalue weighted by molar-refractivity contribution is -0.137. The Bertz CT molecular complexity index is 1280. The van der Waals surface area contributed by atoms with Crippen molar-refractivity contribution in [1.82, 2.24) is 14.5 Å². The molecule has 4 aromatic rings. The molecule has 0 bridgehead atoms. The number of rotatable bonds is 6. The van der Waals surface area contributed by atoms with Crippen LogP contribution in [0, 0.1) is 13.8 Å². The highest BCUT2D eigenvalue weighted by molar-refractivity contribution is 7.99. The van der Waals surface area contributed by atoms with Crippen LogP contribution >= 0.6 is 23.1 Å². The fourth-order valence-electron chi connectivity index (χ4n) is 3.13. The minimum absolute atomic E-state index is 0.0297. The first kappa shape index (κ1) is 23.1. The molecule has 0 saturated carbocycles. The van der Waals surface area contributed by atoms with Crippen molar-refractivity contribution in [2.45, 2.75) is 25.2 Å². The summed E-state index contributed by atoms with van der Waals surface area (Å²) in [4.78, 5) is 21.0. The third kappa shape index (κ3) is 5.45. The Balaban J connectivity index is 1.67. The van der Waals surface area contributed by atoms with E-state index in [2.05, 4.69) is 15.3 Å². The number of hydrogen-bond acceptors (Lipinski definition) is 5. The Hall–Kier alpha value is -3.11. The van der Waals surface area contributed by atoms with Crippen LogP contribution in [0.3, 0.4) is 0 Å². The van der Waals surface area contributed by atoms with E-state index < -0.39 is 11.7 Å². The molecule has 0 saturated heterocycles. The van der Waals surface area contributed by atoms with E-state index in [0.717, 1.165) is 40.7 Å². The Kier molecular flexibility index (Phi) is 6.57. The summed E-state index contributed by atoms with van der Waals surface area (Å²) in [5, 5.41) is 5.47. The molecule has 5 nitrogen and oxygen atoms in total. The number of benzene rings is 2. The molecule has 0 aliphatic heterocycles. The number of anilines is 1. The molecule has 1 amide bonds. The highest BCUT2D eigenvalue weighted by atomic mass is 32.2. The van der Waals surface area contributed by atoms with Crippen LogP contribution in [-0.4, -0.2) is 26.2 Å². The number of nitrogens with zero attached hydrogens (tertiary/aromatic N) is 3. The number of aromatic nitrogens is 3. The summed E-state index contributed by atoms with van der Waals surface area (Å²) in [5.41, 5.74) is 2.87. The Morgan fingerprint density at radius 3 is 2.58 bits per heavy atom. The highest BCUT2D eigenvalue weighted by Crippen LogP contribution is 2.34. The fourth-order valence-corrected chi connectivity index (χ4v) is 4.63. The lowest BCUT2D eigenvalue weighted by Crippen LogP contribution is -2.14. The van der Waals surface area contributed by atoms with Gasteiger partial charge in [0, 0.05) is 16.6 Å². The Labute approximate surface area is 196 Å². The largest absolute Gasteiger partial charge is 0.416 e. The molecular weight excluding hydrogens is 469 g/mol. The number of nitrogens with one attached hydrogen (secondary N) is 1. The second kappa shape index (κ2) is 9.40. The number of halogens is 3. The number of carbonyl (C=O) groups excluding carboxylic acids is 1. The first-order chi connectivity index (χ1) is 15.7. The van der Waals surface area contributed by atoms with Gasteiger partial charge in [-0.2, -0.15) is 13.2 Å². The molecule has 2 aromatic heterocycles. The van der Waals surface area contributed by atoms with Gasteiger partial charge in [-0.05, 0) is 32.0 Å². The lowest BCUT2D eigenvalue weighted by Gasteiger charge is -2.14. The van der Waals surface area contributed by atoms with Crippen LogP contribution in [0.25, 0.3) is 16.9 Å². The van der Waals surface area contributed by atoms with Crippen molar-refractivity contribution in [2.24, 2.45) is 0 Å². The average Bonchev–Trinajstić information content (AvgIpc) is 3.38. The summed E-state index contributed by atoms with van der Waals surface area (Å²) in [6.45, 7) is 3.79. The molecule has 0 atom stereocenters. The summed E-state index contributed by atoms with van der Waals surface area (Å²) < 4.78 is 41.7. The van der Waals surface area contributed by atoms with Crippen molar-refractivity contribution in [3.63, 3.8) is 0 Å². The minimum atomic E-state index is -4.47. The molecule has 2 heterocycles. The van der Waals surface area contributed by atoms with E-state index in [1.54, 1.807) is 16.8 Å². The van der Waals surface area contributed by atoms with Crippen LogP contribution in [0.4, 0.5) is 18.3 Å². The third-order valence-corrected chi connectivity index (χ3v) is 6.53. The van der Waals surface area contributed by atoms with Crippen LogP contribution < -0.4 is 5.32 Å². The predicted octanol–water partition coefficient (Wildman–Crippen LogP) is 6.36. The van der Waals surface area contributed by atoms with Gasteiger partial charge in [0.2, 0.25) is 5.91 Å². The Morgan fingerprint density at radius 2 is 1.91 bits per heavy atom. The van der Waals surface area contributed by atoms with E-state index in [0.29, 0.717) is 21.7 Å². The highest BCUT2D eigenvalue weighted by Gasteiger charge is 2.31. The van der Waals surface area contributed by atoms with Gasteiger partial charge < -0.3 is 5.32 Å². The van der Waals surface area contributed by atoms with Crippen LogP contribution in [-0.2, 0) is 11.0 Å². The third-order valence-electron chi connectivity index (χ3n) is 4.71. The standard InChI is InChI=1S/C23H19F3N4OS2/c1-14-6-8-16(9-7-14)19-11-27-22(33-13-20(31)29-21-28-15(2)12-32-21)30(19)18-5-3-4-17(10-18)23(24,25)26/h3-12H,13H2,1-2H3,(H,28,29,31). The SMILES string of the molecule is Cc1ccc(-c2cnc(SCC(=O)Nc3nc(C)cs3)n2-c2cccc(C(F)(F)F)c2)cc1. The van der Waals surface area contributed by atoms with Crippen molar-refractivity contribution in [2.75, 3.05) is 11.1 Å². The molecular formula is C23H19F3N4OS2. The maximum absolute atomic E-state index is 13.4. The number of thioether (sulfide) groups is 1. The quantitative estimate of drug-likeness (QED) is 0.321. The molecule has 0 unspecified atom stereocenters. The van der Waals surface area contributed by atoms with E-state index in [9.17, 15) is 18.0 Å². The number of thiazole rings is 1. The lowest BCUT2D eigenvalue weighted by atomic mass is 10.1. The molecule has 4 rings (SSSR count). The second-order valence-electron chi connectivity index (χ2n) is 7.31. The average molecular weight is 489 g/mol. The molecule has 0 radical (unpaired) electrons. The topological polar surface area (TPSA) is 59.8 Å². The fraction of sp³-hybridized carbons (Fsp3) is 0.174. The number of imidazole rings is 1. The number of aryl methyl sites for hydroxylation is 2. The molecule has 33 heavy (non-hydrogen) atoms. The number of alkyl halides is 3.